The van der Waals surface area contributed by atoms with Crippen LogP contribution in [0.25, 0.3) is 5.57 Å². The number of fused-ring (bicyclic) bond motifs is 1. The highest BCUT2D eigenvalue weighted by Gasteiger charge is 2.26. The molecule has 0 aliphatic carbocycles. The second kappa shape index (κ2) is 4.80. The van der Waals surface area contributed by atoms with E-state index in [1.165, 1.54) is 5.41 Å². The van der Waals surface area contributed by atoms with Gasteiger partial charge in [-0.15, -0.1) is 0 Å². The molecule has 2 aromatic carbocycles. The number of rotatable bonds is 3. The van der Waals surface area contributed by atoms with Crippen LogP contribution in [0.2, 0.25) is 0 Å². The molecule has 0 atom stereocenters. The Bertz CT molecular complexity index is 789. The Hall–Kier alpha value is -2.07. The van der Waals surface area contributed by atoms with E-state index in [2.05, 4.69) is 0 Å². The fourth-order valence-corrected chi connectivity index (χ4v) is 3.74. The summed E-state index contributed by atoms with van der Waals surface area (Å²) in [7, 11) is -3.31. The molecule has 0 N–H and O–H groups in total. The van der Waals surface area contributed by atoms with Crippen LogP contribution in [0.1, 0.15) is 11.1 Å². The molecule has 0 saturated carbocycles. The summed E-state index contributed by atoms with van der Waals surface area (Å²) in [6, 6.07) is 14.7. The first kappa shape index (κ1) is 12.9. The summed E-state index contributed by atoms with van der Waals surface area (Å²) in [6.07, 6.45) is 0. The van der Waals surface area contributed by atoms with Gasteiger partial charge in [0, 0.05) is 16.5 Å². The second-order valence-corrected chi connectivity index (χ2v) is 6.55. The van der Waals surface area contributed by atoms with Gasteiger partial charge in [0.25, 0.3) is 0 Å². The molecule has 2 aromatic rings. The van der Waals surface area contributed by atoms with E-state index in [0.717, 1.165) is 16.9 Å². The third-order valence-electron chi connectivity index (χ3n) is 3.22. The van der Waals surface area contributed by atoms with Gasteiger partial charge < -0.3 is 4.74 Å². The van der Waals surface area contributed by atoms with Crippen molar-refractivity contribution in [1.29, 1.82) is 0 Å². The van der Waals surface area contributed by atoms with E-state index in [1.807, 2.05) is 43.3 Å². The molecule has 0 spiro atoms. The van der Waals surface area contributed by atoms with Crippen molar-refractivity contribution in [2.75, 3.05) is 6.61 Å². The van der Waals surface area contributed by atoms with Crippen molar-refractivity contribution in [3.8, 4) is 5.75 Å². The highest BCUT2D eigenvalue weighted by Crippen LogP contribution is 2.33. The third-order valence-corrected chi connectivity index (χ3v) is 4.78. The van der Waals surface area contributed by atoms with Crippen LogP contribution in [0, 0.1) is 6.92 Å². The van der Waals surface area contributed by atoms with Gasteiger partial charge in [-0.1, -0.05) is 30.3 Å². The zero-order valence-electron chi connectivity index (χ0n) is 11.0. The van der Waals surface area contributed by atoms with Gasteiger partial charge in [0.15, 0.2) is 0 Å². The van der Waals surface area contributed by atoms with Crippen LogP contribution in [0.4, 0.5) is 0 Å². The largest absolute Gasteiger partial charge is 0.489 e. The van der Waals surface area contributed by atoms with E-state index >= 15 is 0 Å². The van der Waals surface area contributed by atoms with Crippen LogP contribution in [0.3, 0.4) is 0 Å². The molecule has 1 heterocycles. The van der Waals surface area contributed by atoms with Crippen molar-refractivity contribution in [1.82, 2.24) is 0 Å². The van der Waals surface area contributed by atoms with Crippen molar-refractivity contribution in [3.63, 3.8) is 0 Å². The van der Waals surface area contributed by atoms with Crippen LogP contribution in [-0.2, 0) is 9.84 Å². The number of hydrogen-bond donors (Lipinski definition) is 0. The number of benzene rings is 2. The lowest BCUT2D eigenvalue weighted by Crippen LogP contribution is -1.99. The zero-order chi connectivity index (χ0) is 14.2. The quantitative estimate of drug-likeness (QED) is 0.870. The Morgan fingerprint density at radius 3 is 2.65 bits per heavy atom. The van der Waals surface area contributed by atoms with E-state index < -0.39 is 9.84 Å². The van der Waals surface area contributed by atoms with Crippen LogP contribution < -0.4 is 4.74 Å². The predicted molar refractivity (Wildman–Crippen MR) is 78.3 cm³/mol. The monoisotopic (exact) mass is 286 g/mol. The Kier molecular flexibility index (Phi) is 3.10. The average molecular weight is 286 g/mol. The van der Waals surface area contributed by atoms with Gasteiger partial charge in [-0.25, -0.2) is 8.42 Å². The lowest BCUT2D eigenvalue weighted by molar-refractivity contribution is 0.369. The molecule has 0 bridgehead atoms. The minimum Gasteiger partial charge on any atom is -0.489 e. The first-order chi connectivity index (χ1) is 9.56. The minimum atomic E-state index is -3.31. The van der Waals surface area contributed by atoms with Crippen molar-refractivity contribution in [3.05, 3.63) is 65.1 Å². The Labute approximate surface area is 118 Å². The summed E-state index contributed by atoms with van der Waals surface area (Å²) in [5, 5.41) is 1.30. The van der Waals surface area contributed by atoms with Crippen molar-refractivity contribution < 1.29 is 13.2 Å². The molecule has 0 radical (unpaired) electrons. The average Bonchev–Trinajstić information content (AvgIpc) is 2.69. The summed E-state index contributed by atoms with van der Waals surface area (Å²) in [5.74, 6) is 0.743. The summed E-state index contributed by atoms with van der Waals surface area (Å²) in [4.78, 5) is 0.364. The van der Waals surface area contributed by atoms with Gasteiger partial charge in [0.1, 0.15) is 12.4 Å². The number of sulfone groups is 1. The molecular formula is C16H14O3S. The summed E-state index contributed by atoms with van der Waals surface area (Å²) < 4.78 is 29.7. The van der Waals surface area contributed by atoms with Gasteiger partial charge in [-0.3, -0.25) is 0 Å². The van der Waals surface area contributed by atoms with Crippen molar-refractivity contribution in [2.24, 2.45) is 0 Å². The first-order valence-corrected chi connectivity index (χ1v) is 7.85. The fourth-order valence-electron chi connectivity index (χ4n) is 2.27. The van der Waals surface area contributed by atoms with E-state index in [4.69, 9.17) is 4.74 Å². The van der Waals surface area contributed by atoms with Crippen LogP contribution in [0.15, 0.2) is 58.8 Å². The molecule has 0 saturated heterocycles. The molecule has 3 nitrogen and oxygen atoms in total. The first-order valence-electron chi connectivity index (χ1n) is 6.31. The maximum Gasteiger partial charge on any atom is 0.200 e. The maximum absolute atomic E-state index is 12.0. The van der Waals surface area contributed by atoms with Gasteiger partial charge >= 0.3 is 0 Å². The topological polar surface area (TPSA) is 43.4 Å². The molecule has 4 heteroatoms. The van der Waals surface area contributed by atoms with Gasteiger partial charge in [0.2, 0.25) is 9.84 Å². The molecule has 0 unspecified atom stereocenters. The van der Waals surface area contributed by atoms with Gasteiger partial charge in [-0.05, 0) is 30.7 Å². The second-order valence-electron chi connectivity index (χ2n) is 4.79. The minimum absolute atomic E-state index is 0.250. The van der Waals surface area contributed by atoms with E-state index in [1.54, 1.807) is 12.1 Å². The summed E-state index contributed by atoms with van der Waals surface area (Å²) >= 11 is 0. The molecular weight excluding hydrogens is 272 g/mol. The number of aryl methyl sites for hydroxylation is 1. The standard InChI is InChI=1S/C16H14O3S/c1-12-5-4-6-14(9-12)19-10-13-11-20(17,18)16-8-3-2-7-15(13)16/h2-9,11H,10H2,1H3. The molecule has 3 rings (SSSR count). The maximum atomic E-state index is 12.0. The number of ether oxygens (including phenoxy) is 1. The molecule has 102 valence electrons. The van der Waals surface area contributed by atoms with Crippen LogP contribution >= 0.6 is 0 Å². The molecule has 0 amide bonds. The fraction of sp³-hybridized carbons (Fsp3) is 0.125. The highest BCUT2D eigenvalue weighted by atomic mass is 32.2. The van der Waals surface area contributed by atoms with Gasteiger partial charge in [-0.2, -0.15) is 0 Å². The number of hydrogen-bond acceptors (Lipinski definition) is 3. The molecule has 1 aliphatic heterocycles. The van der Waals surface area contributed by atoms with Crippen LogP contribution in [-0.4, -0.2) is 15.0 Å². The molecule has 0 aromatic heterocycles. The lowest BCUT2D eigenvalue weighted by atomic mass is 10.1. The Morgan fingerprint density at radius 1 is 1.05 bits per heavy atom. The third kappa shape index (κ3) is 2.34. The molecule has 1 aliphatic rings. The molecule has 0 fully saturated rings. The van der Waals surface area contributed by atoms with Crippen LogP contribution in [0.5, 0.6) is 5.75 Å². The Balaban J connectivity index is 1.86. The van der Waals surface area contributed by atoms with E-state index in [9.17, 15) is 8.42 Å². The highest BCUT2D eigenvalue weighted by molar-refractivity contribution is 7.95. The van der Waals surface area contributed by atoms with Crippen molar-refractivity contribution in [2.45, 2.75) is 11.8 Å². The van der Waals surface area contributed by atoms with E-state index in [0.29, 0.717) is 10.5 Å². The normalized spacial score (nSPS) is 15.6. The van der Waals surface area contributed by atoms with Gasteiger partial charge in [0.05, 0.1) is 4.90 Å². The summed E-state index contributed by atoms with van der Waals surface area (Å²) in [6.45, 7) is 2.24. The van der Waals surface area contributed by atoms with Crippen molar-refractivity contribution >= 4 is 15.4 Å². The van der Waals surface area contributed by atoms with E-state index in [-0.39, 0.29) is 6.61 Å². The zero-order valence-corrected chi connectivity index (χ0v) is 11.9. The molecule has 20 heavy (non-hydrogen) atoms. The smallest absolute Gasteiger partial charge is 0.200 e. The predicted octanol–water partition coefficient (Wildman–Crippen LogP) is 3.20. The lowest BCUT2D eigenvalue weighted by Gasteiger charge is -2.08. The summed E-state index contributed by atoms with van der Waals surface area (Å²) in [5.41, 5.74) is 2.54. The SMILES string of the molecule is Cc1cccc(OCC2=CS(=O)(=O)c3ccccc32)c1. The Morgan fingerprint density at radius 2 is 1.85 bits per heavy atom.